The molecule has 2 aromatic carbocycles. The summed E-state index contributed by atoms with van der Waals surface area (Å²) in [5.74, 6) is 0.863. The summed E-state index contributed by atoms with van der Waals surface area (Å²) in [5.41, 5.74) is 0.485. The zero-order valence-corrected chi connectivity index (χ0v) is 18.3. The summed E-state index contributed by atoms with van der Waals surface area (Å²) in [6, 6.07) is 14.7. The smallest absolute Gasteiger partial charge is 0.252 e. The molecule has 0 aliphatic carbocycles. The first kappa shape index (κ1) is 22.8. The van der Waals surface area contributed by atoms with Gasteiger partial charge in [-0.25, -0.2) is 4.99 Å². The van der Waals surface area contributed by atoms with Crippen LogP contribution in [0.3, 0.4) is 0 Å². The second-order valence-corrected chi connectivity index (χ2v) is 7.73. The van der Waals surface area contributed by atoms with E-state index in [1.165, 1.54) is 0 Å². The van der Waals surface area contributed by atoms with Gasteiger partial charge in [0.05, 0.1) is 6.61 Å². The molecule has 0 spiro atoms. The van der Waals surface area contributed by atoms with Crippen LogP contribution in [0.2, 0.25) is 5.02 Å². The van der Waals surface area contributed by atoms with Crippen molar-refractivity contribution in [1.29, 1.82) is 0 Å². The summed E-state index contributed by atoms with van der Waals surface area (Å²) in [6.45, 7) is 6.47. The number of aliphatic hydroxyl groups excluding tert-OH is 1. The van der Waals surface area contributed by atoms with Crippen molar-refractivity contribution in [2.24, 2.45) is 4.99 Å². The van der Waals surface area contributed by atoms with Crippen molar-refractivity contribution in [2.45, 2.75) is 38.0 Å². The molecule has 0 radical (unpaired) electrons. The molecule has 0 aromatic heterocycles. The molecule has 0 saturated heterocycles. The van der Waals surface area contributed by atoms with Gasteiger partial charge in [0.15, 0.2) is 5.54 Å². The first-order valence-electron chi connectivity index (χ1n) is 10.2. The monoisotopic (exact) mass is 442 g/mol. The van der Waals surface area contributed by atoms with Gasteiger partial charge in [0, 0.05) is 36.6 Å². The maximum Gasteiger partial charge on any atom is 0.252 e. The largest absolute Gasteiger partial charge is 0.494 e. The molecule has 31 heavy (non-hydrogen) atoms. The lowest BCUT2D eigenvalue weighted by Crippen LogP contribution is -2.50. The molecule has 0 fully saturated rings. The number of hydrogen-bond donors (Lipinski definition) is 2. The summed E-state index contributed by atoms with van der Waals surface area (Å²) in [7, 11) is 0. The van der Waals surface area contributed by atoms with E-state index < -0.39 is 11.6 Å². The molecular formula is C24H27ClN2O4. The standard InChI is InChI=1S/C24H27ClN2O4/c1-3-13-24(23(29)26-16-19-7-4-5-8-21(19)25)17(2)31-22(27-24)18-9-11-20(12-10-18)30-15-6-14-28/h3-5,7-12,17,28H,1,6,13-16H2,2H3,(H,26,29)/t17-,24-/m1/s1. The number of aliphatic imine (C=N–C) groups is 1. The average Bonchev–Trinajstić information content (AvgIpc) is 3.11. The van der Waals surface area contributed by atoms with Crippen LogP contribution in [0.15, 0.2) is 66.2 Å². The summed E-state index contributed by atoms with van der Waals surface area (Å²) in [6.07, 6.45) is 2.13. The molecule has 2 aromatic rings. The Hall–Kier alpha value is -2.83. The molecule has 0 unspecified atom stereocenters. The van der Waals surface area contributed by atoms with Gasteiger partial charge in [0.1, 0.15) is 11.9 Å². The van der Waals surface area contributed by atoms with Crippen LogP contribution in [0, 0.1) is 0 Å². The van der Waals surface area contributed by atoms with E-state index in [0.717, 1.165) is 11.1 Å². The van der Waals surface area contributed by atoms with E-state index in [2.05, 4.69) is 11.9 Å². The van der Waals surface area contributed by atoms with Gasteiger partial charge in [-0.2, -0.15) is 0 Å². The van der Waals surface area contributed by atoms with Gasteiger partial charge in [-0.15, -0.1) is 6.58 Å². The van der Waals surface area contributed by atoms with Gasteiger partial charge in [-0.3, -0.25) is 4.79 Å². The van der Waals surface area contributed by atoms with Crippen molar-refractivity contribution in [2.75, 3.05) is 13.2 Å². The Balaban J connectivity index is 1.77. The number of halogens is 1. The minimum absolute atomic E-state index is 0.0878. The number of carbonyl (C=O) groups is 1. The summed E-state index contributed by atoms with van der Waals surface area (Å²) in [5, 5.41) is 12.4. The number of benzene rings is 2. The second-order valence-electron chi connectivity index (χ2n) is 7.32. The number of carbonyl (C=O) groups excluding carboxylic acids is 1. The molecule has 2 N–H and O–H groups in total. The van der Waals surface area contributed by atoms with Crippen LogP contribution in [0.5, 0.6) is 5.75 Å². The highest BCUT2D eigenvalue weighted by Gasteiger charge is 2.49. The maximum absolute atomic E-state index is 13.2. The Morgan fingerprint density at radius 3 is 2.74 bits per heavy atom. The third kappa shape index (κ3) is 5.27. The highest BCUT2D eigenvalue weighted by atomic mass is 35.5. The molecule has 1 aliphatic rings. The first-order chi connectivity index (χ1) is 15.0. The SMILES string of the molecule is C=CC[C@@]1(C(=O)NCc2ccccc2Cl)N=C(c2ccc(OCCCO)cc2)O[C@@H]1C. The predicted octanol–water partition coefficient (Wildman–Crippen LogP) is 3.90. The normalized spacial score (nSPS) is 20.0. The van der Waals surface area contributed by atoms with Gasteiger partial charge in [0.2, 0.25) is 5.90 Å². The summed E-state index contributed by atoms with van der Waals surface area (Å²) < 4.78 is 11.6. The fourth-order valence-electron chi connectivity index (χ4n) is 3.37. The van der Waals surface area contributed by atoms with Gasteiger partial charge in [-0.1, -0.05) is 35.9 Å². The van der Waals surface area contributed by atoms with E-state index in [0.29, 0.717) is 42.7 Å². The molecule has 2 atom stereocenters. The third-order valence-electron chi connectivity index (χ3n) is 5.18. The van der Waals surface area contributed by atoms with Gasteiger partial charge in [-0.05, 0) is 42.8 Å². The summed E-state index contributed by atoms with van der Waals surface area (Å²) >= 11 is 6.21. The second kappa shape index (κ2) is 10.5. The highest BCUT2D eigenvalue weighted by Crippen LogP contribution is 2.33. The highest BCUT2D eigenvalue weighted by molar-refractivity contribution is 6.31. The van der Waals surface area contributed by atoms with E-state index in [4.69, 9.17) is 31.2 Å². The van der Waals surface area contributed by atoms with E-state index in [1.807, 2.05) is 49.4 Å². The van der Waals surface area contributed by atoms with Gasteiger partial charge < -0.3 is 19.9 Å². The molecule has 164 valence electrons. The van der Waals surface area contributed by atoms with Crippen LogP contribution in [0.1, 0.15) is 30.9 Å². The number of hydrogen-bond acceptors (Lipinski definition) is 5. The minimum Gasteiger partial charge on any atom is -0.494 e. The van der Waals surface area contributed by atoms with Crippen LogP contribution >= 0.6 is 11.6 Å². The van der Waals surface area contributed by atoms with E-state index >= 15 is 0 Å². The first-order valence-corrected chi connectivity index (χ1v) is 10.6. The lowest BCUT2D eigenvalue weighted by molar-refractivity contribution is -0.128. The molecule has 1 amide bonds. The fraction of sp³-hybridized carbons (Fsp3) is 0.333. The van der Waals surface area contributed by atoms with E-state index in [1.54, 1.807) is 12.1 Å². The number of nitrogens with zero attached hydrogens (tertiary/aromatic N) is 1. The van der Waals surface area contributed by atoms with Gasteiger partial charge >= 0.3 is 0 Å². The Morgan fingerprint density at radius 2 is 2.06 bits per heavy atom. The number of amides is 1. The van der Waals surface area contributed by atoms with Crippen molar-refractivity contribution in [3.8, 4) is 5.75 Å². The zero-order chi connectivity index (χ0) is 22.3. The van der Waals surface area contributed by atoms with Gasteiger partial charge in [0.25, 0.3) is 5.91 Å². The number of nitrogens with one attached hydrogen (secondary N) is 1. The Morgan fingerprint density at radius 1 is 1.32 bits per heavy atom. The number of aliphatic hydroxyl groups is 1. The van der Waals surface area contributed by atoms with Crippen molar-refractivity contribution >= 4 is 23.4 Å². The lowest BCUT2D eigenvalue weighted by Gasteiger charge is -2.27. The van der Waals surface area contributed by atoms with E-state index in [-0.39, 0.29) is 12.5 Å². The fourth-order valence-corrected chi connectivity index (χ4v) is 3.58. The van der Waals surface area contributed by atoms with Crippen LogP contribution in [-0.2, 0) is 16.1 Å². The predicted molar refractivity (Wildman–Crippen MR) is 122 cm³/mol. The molecule has 7 heteroatoms. The summed E-state index contributed by atoms with van der Waals surface area (Å²) in [4.78, 5) is 17.9. The Labute approximate surface area is 187 Å². The van der Waals surface area contributed by atoms with Crippen molar-refractivity contribution < 1.29 is 19.4 Å². The van der Waals surface area contributed by atoms with Crippen LogP contribution in [0.4, 0.5) is 0 Å². The van der Waals surface area contributed by atoms with Crippen LogP contribution in [-0.4, -0.2) is 41.8 Å². The molecule has 0 saturated carbocycles. The molecule has 0 bridgehead atoms. The van der Waals surface area contributed by atoms with Crippen molar-refractivity contribution in [3.63, 3.8) is 0 Å². The van der Waals surface area contributed by atoms with Crippen molar-refractivity contribution in [1.82, 2.24) is 5.32 Å². The Kier molecular flexibility index (Phi) is 7.71. The minimum atomic E-state index is -1.10. The molecular weight excluding hydrogens is 416 g/mol. The van der Waals surface area contributed by atoms with E-state index in [9.17, 15) is 4.79 Å². The third-order valence-corrected chi connectivity index (χ3v) is 5.55. The molecule has 1 heterocycles. The number of ether oxygens (including phenoxy) is 2. The van der Waals surface area contributed by atoms with Crippen LogP contribution < -0.4 is 10.1 Å². The average molecular weight is 443 g/mol. The van der Waals surface area contributed by atoms with Crippen LogP contribution in [0.25, 0.3) is 0 Å². The molecule has 1 aliphatic heterocycles. The lowest BCUT2D eigenvalue weighted by atomic mass is 9.89. The quantitative estimate of drug-likeness (QED) is 0.432. The maximum atomic E-state index is 13.2. The van der Waals surface area contributed by atoms with Crippen molar-refractivity contribution in [3.05, 3.63) is 77.3 Å². The zero-order valence-electron chi connectivity index (χ0n) is 17.5. The Bertz CT molecular complexity index is 945. The molecule has 3 rings (SSSR count). The number of rotatable bonds is 10. The topological polar surface area (TPSA) is 80.2 Å². The molecule has 6 nitrogen and oxygen atoms in total.